The standard InChI is InChI=1S/C26H43NO2/c1-7-26(29)27-20-24(5)18-10-16-22(3)14-8-12-21(2)13-9-15-23(4)17-11-19-25(6)28/h13-14,17-18H,7-12,15-16,19-20H2,1-6H3,(H,27,29). The number of nitrogens with one attached hydrogen (secondary N) is 1. The Morgan fingerprint density at radius 3 is 1.38 bits per heavy atom. The summed E-state index contributed by atoms with van der Waals surface area (Å²) in [6.45, 7) is 12.8. The van der Waals surface area contributed by atoms with Gasteiger partial charge in [0.15, 0.2) is 0 Å². The first-order valence-corrected chi connectivity index (χ1v) is 11.1. The fraction of sp³-hybridized carbons (Fsp3) is 0.615. The highest BCUT2D eigenvalue weighted by Crippen LogP contribution is 2.14. The number of allylic oxidation sites excluding steroid dienone is 7. The smallest absolute Gasteiger partial charge is 0.219 e. The number of hydrogen-bond donors (Lipinski definition) is 1. The molecular weight excluding hydrogens is 358 g/mol. The highest BCUT2D eigenvalue weighted by molar-refractivity contribution is 5.75. The molecule has 0 rings (SSSR count). The highest BCUT2D eigenvalue weighted by Gasteiger charge is 1.97. The molecule has 0 aromatic carbocycles. The van der Waals surface area contributed by atoms with Gasteiger partial charge in [-0.25, -0.2) is 0 Å². The van der Waals surface area contributed by atoms with Crippen LogP contribution in [0.4, 0.5) is 0 Å². The van der Waals surface area contributed by atoms with Crippen LogP contribution in [0, 0.1) is 0 Å². The summed E-state index contributed by atoms with van der Waals surface area (Å²) in [6, 6.07) is 0. The van der Waals surface area contributed by atoms with E-state index in [-0.39, 0.29) is 11.7 Å². The molecule has 0 spiro atoms. The largest absolute Gasteiger partial charge is 0.352 e. The Balaban J connectivity index is 4.06. The van der Waals surface area contributed by atoms with E-state index in [9.17, 15) is 9.59 Å². The van der Waals surface area contributed by atoms with Crippen molar-refractivity contribution in [2.75, 3.05) is 6.54 Å². The molecule has 1 N–H and O–H groups in total. The van der Waals surface area contributed by atoms with E-state index in [1.165, 1.54) is 22.3 Å². The van der Waals surface area contributed by atoms with Gasteiger partial charge < -0.3 is 10.1 Å². The number of rotatable bonds is 15. The maximum absolute atomic E-state index is 11.3. The minimum Gasteiger partial charge on any atom is -0.352 e. The summed E-state index contributed by atoms with van der Waals surface area (Å²) in [4.78, 5) is 22.2. The van der Waals surface area contributed by atoms with Crippen molar-refractivity contribution in [1.82, 2.24) is 5.32 Å². The predicted molar refractivity (Wildman–Crippen MR) is 126 cm³/mol. The second kappa shape index (κ2) is 17.0. The first-order chi connectivity index (χ1) is 13.7. The fourth-order valence-corrected chi connectivity index (χ4v) is 2.90. The molecule has 0 aliphatic heterocycles. The third kappa shape index (κ3) is 17.9. The zero-order valence-electron chi connectivity index (χ0n) is 19.7. The molecule has 0 saturated carbocycles. The van der Waals surface area contributed by atoms with Crippen LogP contribution in [0.3, 0.4) is 0 Å². The third-order valence-corrected chi connectivity index (χ3v) is 4.97. The Hall–Kier alpha value is -1.90. The number of carbonyl (C=O) groups is 2. The first-order valence-electron chi connectivity index (χ1n) is 11.1. The Morgan fingerprint density at radius 2 is 1.00 bits per heavy atom. The van der Waals surface area contributed by atoms with Crippen molar-refractivity contribution in [2.45, 2.75) is 99.3 Å². The maximum Gasteiger partial charge on any atom is 0.219 e. The molecule has 0 saturated heterocycles. The van der Waals surface area contributed by atoms with Crippen molar-refractivity contribution in [3.05, 3.63) is 46.6 Å². The van der Waals surface area contributed by atoms with Gasteiger partial charge in [-0.2, -0.15) is 0 Å². The maximum atomic E-state index is 11.3. The van der Waals surface area contributed by atoms with E-state index in [4.69, 9.17) is 0 Å². The van der Waals surface area contributed by atoms with E-state index in [2.05, 4.69) is 57.3 Å². The van der Waals surface area contributed by atoms with Crippen molar-refractivity contribution in [1.29, 1.82) is 0 Å². The predicted octanol–water partition coefficient (Wildman–Crippen LogP) is 7.01. The summed E-state index contributed by atoms with van der Waals surface area (Å²) in [5.74, 6) is 0.371. The van der Waals surface area contributed by atoms with Crippen LogP contribution >= 0.6 is 0 Å². The highest BCUT2D eigenvalue weighted by atomic mass is 16.1. The van der Waals surface area contributed by atoms with Crippen LogP contribution in [0.5, 0.6) is 0 Å². The summed E-state index contributed by atoms with van der Waals surface area (Å²) in [5, 5.41) is 2.91. The Labute approximate surface area is 179 Å². The summed E-state index contributed by atoms with van der Waals surface area (Å²) >= 11 is 0. The van der Waals surface area contributed by atoms with E-state index < -0.39 is 0 Å². The minimum absolute atomic E-state index is 0.108. The molecule has 0 heterocycles. The van der Waals surface area contributed by atoms with E-state index in [1.54, 1.807) is 6.92 Å². The van der Waals surface area contributed by atoms with Crippen molar-refractivity contribution in [2.24, 2.45) is 0 Å². The summed E-state index contributed by atoms with van der Waals surface area (Å²) in [7, 11) is 0. The number of carbonyl (C=O) groups excluding carboxylic acids is 2. The number of hydrogen-bond acceptors (Lipinski definition) is 2. The average molecular weight is 402 g/mol. The Morgan fingerprint density at radius 1 is 0.621 bits per heavy atom. The van der Waals surface area contributed by atoms with Crippen LogP contribution in [0.15, 0.2) is 46.6 Å². The van der Waals surface area contributed by atoms with E-state index in [1.807, 2.05) is 6.92 Å². The zero-order valence-corrected chi connectivity index (χ0v) is 19.7. The molecule has 0 unspecified atom stereocenters. The summed E-state index contributed by atoms with van der Waals surface area (Å²) < 4.78 is 0. The lowest BCUT2D eigenvalue weighted by Crippen LogP contribution is -2.23. The molecule has 0 aromatic heterocycles. The lowest BCUT2D eigenvalue weighted by molar-refractivity contribution is -0.120. The molecule has 3 nitrogen and oxygen atoms in total. The molecule has 164 valence electrons. The number of amides is 1. The van der Waals surface area contributed by atoms with Crippen LogP contribution in [0.1, 0.15) is 99.3 Å². The SMILES string of the molecule is CCC(=O)NCC(C)=CCCC(C)=CCCC(C)=CCCC(C)=CCCC(C)=O. The minimum atomic E-state index is 0.108. The van der Waals surface area contributed by atoms with Crippen molar-refractivity contribution in [3.63, 3.8) is 0 Å². The topological polar surface area (TPSA) is 46.2 Å². The molecule has 0 aromatic rings. The second-order valence-electron chi connectivity index (χ2n) is 8.19. The van der Waals surface area contributed by atoms with Gasteiger partial charge in [-0.3, -0.25) is 4.79 Å². The second-order valence-corrected chi connectivity index (χ2v) is 8.19. The molecule has 0 aliphatic carbocycles. The Bertz CT molecular complexity index is 621. The lowest BCUT2D eigenvalue weighted by Gasteiger charge is -2.05. The van der Waals surface area contributed by atoms with Gasteiger partial charge in [0.1, 0.15) is 5.78 Å². The van der Waals surface area contributed by atoms with Crippen LogP contribution in [0.2, 0.25) is 0 Å². The number of ketones is 1. The van der Waals surface area contributed by atoms with Crippen molar-refractivity contribution >= 4 is 11.7 Å². The molecule has 29 heavy (non-hydrogen) atoms. The van der Waals surface area contributed by atoms with Crippen molar-refractivity contribution in [3.8, 4) is 0 Å². The number of Topliss-reactive ketones (excluding diaryl/α,β-unsaturated/α-hetero) is 1. The summed E-state index contributed by atoms with van der Waals surface area (Å²) in [6.07, 6.45) is 17.7. The fourth-order valence-electron chi connectivity index (χ4n) is 2.90. The van der Waals surface area contributed by atoms with Gasteiger partial charge in [-0.05, 0) is 79.6 Å². The molecule has 1 amide bonds. The Kier molecular flexibility index (Phi) is 15.9. The lowest BCUT2D eigenvalue weighted by atomic mass is 10.0. The van der Waals surface area contributed by atoms with E-state index in [0.717, 1.165) is 44.9 Å². The van der Waals surface area contributed by atoms with Gasteiger partial charge in [0.05, 0.1) is 0 Å². The van der Waals surface area contributed by atoms with Crippen LogP contribution in [-0.4, -0.2) is 18.2 Å². The van der Waals surface area contributed by atoms with Gasteiger partial charge in [-0.15, -0.1) is 0 Å². The zero-order chi connectivity index (χ0) is 22.1. The van der Waals surface area contributed by atoms with Crippen LogP contribution in [0.25, 0.3) is 0 Å². The molecule has 0 atom stereocenters. The molecule has 0 bridgehead atoms. The van der Waals surface area contributed by atoms with Gasteiger partial charge in [0.2, 0.25) is 5.91 Å². The summed E-state index contributed by atoms with van der Waals surface area (Å²) in [5.41, 5.74) is 5.49. The van der Waals surface area contributed by atoms with Crippen molar-refractivity contribution < 1.29 is 9.59 Å². The molecule has 3 heteroatoms. The van der Waals surface area contributed by atoms with Gasteiger partial charge in [-0.1, -0.05) is 53.5 Å². The average Bonchev–Trinajstić information content (AvgIpc) is 2.65. The third-order valence-electron chi connectivity index (χ3n) is 4.97. The molecule has 0 fully saturated rings. The van der Waals surface area contributed by atoms with Gasteiger partial charge >= 0.3 is 0 Å². The molecule has 0 radical (unpaired) electrons. The monoisotopic (exact) mass is 401 g/mol. The first kappa shape index (κ1) is 27.1. The molecule has 0 aliphatic rings. The quantitative estimate of drug-likeness (QED) is 0.300. The van der Waals surface area contributed by atoms with Crippen LogP contribution < -0.4 is 5.32 Å². The normalized spacial score (nSPS) is 13.6. The van der Waals surface area contributed by atoms with Gasteiger partial charge in [0.25, 0.3) is 0 Å². The van der Waals surface area contributed by atoms with E-state index >= 15 is 0 Å². The van der Waals surface area contributed by atoms with Crippen LogP contribution in [-0.2, 0) is 9.59 Å². The van der Waals surface area contributed by atoms with E-state index in [0.29, 0.717) is 19.4 Å². The molecular formula is C26H43NO2. The van der Waals surface area contributed by atoms with Gasteiger partial charge in [0, 0.05) is 19.4 Å².